The van der Waals surface area contributed by atoms with Crippen molar-refractivity contribution in [1.82, 2.24) is 14.6 Å². The van der Waals surface area contributed by atoms with Crippen molar-refractivity contribution >= 4 is 27.9 Å². The van der Waals surface area contributed by atoms with Crippen LogP contribution in [-0.2, 0) is 11.4 Å². The Hall–Kier alpha value is -2.74. The third-order valence-corrected chi connectivity index (χ3v) is 3.78. The van der Waals surface area contributed by atoms with Gasteiger partial charge in [0.25, 0.3) is 5.56 Å². The average Bonchev–Trinajstić information content (AvgIpc) is 2.87. The Morgan fingerprint density at radius 2 is 2.09 bits per heavy atom. The molecule has 8 heteroatoms. The second-order valence-electron chi connectivity index (χ2n) is 4.90. The summed E-state index contributed by atoms with van der Waals surface area (Å²) in [5.74, 6) is 0.498. The number of nitrogens with zero attached hydrogens (tertiary/aromatic N) is 3. The first-order valence-corrected chi connectivity index (χ1v) is 7.70. The normalized spacial score (nSPS) is 10.7. The van der Waals surface area contributed by atoms with E-state index in [2.05, 4.69) is 15.4 Å². The van der Waals surface area contributed by atoms with Crippen LogP contribution in [0.3, 0.4) is 0 Å². The summed E-state index contributed by atoms with van der Waals surface area (Å²) in [6.07, 6.45) is 0. The van der Waals surface area contributed by atoms with Crippen LogP contribution in [0, 0.1) is 6.92 Å². The minimum absolute atomic E-state index is 0.128. The van der Waals surface area contributed by atoms with Crippen LogP contribution in [0.2, 0.25) is 0 Å². The number of hydrogen-bond donors (Lipinski definition) is 1. The molecule has 0 bridgehead atoms. The van der Waals surface area contributed by atoms with Crippen LogP contribution >= 0.6 is 11.3 Å². The monoisotopic (exact) mass is 330 g/mol. The number of nitrogens with one attached hydrogen (secondary N) is 1. The first kappa shape index (κ1) is 15.2. The number of carbonyl (C=O) groups excluding carboxylic acids is 1. The van der Waals surface area contributed by atoms with E-state index in [1.165, 1.54) is 28.8 Å². The lowest BCUT2D eigenvalue weighted by molar-refractivity contribution is -0.114. The molecule has 0 radical (unpaired) electrons. The fraction of sp³-hybridized carbons (Fsp3) is 0.200. The van der Waals surface area contributed by atoms with Gasteiger partial charge in [0.05, 0.1) is 5.69 Å². The highest BCUT2D eigenvalue weighted by molar-refractivity contribution is 7.16. The van der Waals surface area contributed by atoms with Crippen molar-refractivity contribution in [2.45, 2.75) is 20.5 Å². The van der Waals surface area contributed by atoms with Crippen LogP contribution in [-0.4, -0.2) is 20.5 Å². The molecule has 7 nitrogen and oxygen atoms in total. The molecule has 0 aliphatic heterocycles. The van der Waals surface area contributed by atoms with E-state index >= 15 is 0 Å². The van der Waals surface area contributed by atoms with Gasteiger partial charge >= 0.3 is 0 Å². The van der Waals surface area contributed by atoms with Gasteiger partial charge < -0.3 is 10.1 Å². The molecule has 1 aromatic carbocycles. The topological polar surface area (TPSA) is 85.6 Å². The average molecular weight is 330 g/mol. The van der Waals surface area contributed by atoms with E-state index in [1.54, 1.807) is 24.3 Å². The minimum Gasteiger partial charge on any atom is -0.487 e. The van der Waals surface area contributed by atoms with Gasteiger partial charge in [-0.1, -0.05) is 11.3 Å². The van der Waals surface area contributed by atoms with E-state index in [4.69, 9.17) is 4.74 Å². The van der Waals surface area contributed by atoms with Gasteiger partial charge in [-0.2, -0.15) is 9.61 Å². The Balaban J connectivity index is 1.73. The number of aryl methyl sites for hydroxylation is 1. The molecule has 0 spiro atoms. The van der Waals surface area contributed by atoms with Crippen molar-refractivity contribution in [3.05, 3.63) is 51.4 Å². The Morgan fingerprint density at radius 1 is 1.35 bits per heavy atom. The lowest BCUT2D eigenvalue weighted by atomic mass is 10.3. The van der Waals surface area contributed by atoms with Gasteiger partial charge in [-0.25, -0.2) is 4.98 Å². The SMILES string of the molecule is CC(=O)Nc1ccc(OCc2cc(=O)n3nc(C)sc3n2)cc1. The maximum absolute atomic E-state index is 11.9. The Labute approximate surface area is 135 Å². The fourth-order valence-corrected chi connectivity index (χ4v) is 2.79. The molecule has 3 aromatic rings. The van der Waals surface area contributed by atoms with Gasteiger partial charge in [0, 0.05) is 18.7 Å². The summed E-state index contributed by atoms with van der Waals surface area (Å²) >= 11 is 1.35. The number of aromatic nitrogens is 3. The number of anilines is 1. The maximum Gasteiger partial charge on any atom is 0.275 e. The third kappa shape index (κ3) is 3.54. The number of carbonyl (C=O) groups is 1. The standard InChI is InChI=1S/C15H14N4O3S/c1-9(20)16-11-3-5-13(6-4-11)22-8-12-7-14(21)19-15(17-12)23-10(2)18-19/h3-7H,8H2,1-2H3,(H,16,20). The van der Waals surface area contributed by atoms with Gasteiger partial charge in [-0.15, -0.1) is 0 Å². The van der Waals surface area contributed by atoms with Crippen LogP contribution in [0.5, 0.6) is 5.75 Å². The van der Waals surface area contributed by atoms with Crippen molar-refractivity contribution < 1.29 is 9.53 Å². The molecule has 2 aromatic heterocycles. The molecule has 0 aliphatic carbocycles. The van der Waals surface area contributed by atoms with Crippen molar-refractivity contribution in [3.8, 4) is 5.75 Å². The van der Waals surface area contributed by atoms with Crippen LogP contribution in [0.15, 0.2) is 35.1 Å². The quantitative estimate of drug-likeness (QED) is 0.791. The third-order valence-electron chi connectivity index (χ3n) is 2.96. The molecule has 0 saturated carbocycles. The van der Waals surface area contributed by atoms with E-state index in [0.29, 0.717) is 22.1 Å². The summed E-state index contributed by atoms with van der Waals surface area (Å²) in [6.45, 7) is 3.46. The van der Waals surface area contributed by atoms with Crippen LogP contribution in [0.1, 0.15) is 17.6 Å². The molecule has 1 amide bonds. The van der Waals surface area contributed by atoms with Crippen molar-refractivity contribution in [1.29, 1.82) is 0 Å². The first-order chi connectivity index (χ1) is 11.0. The zero-order chi connectivity index (χ0) is 16.4. The highest BCUT2D eigenvalue weighted by Crippen LogP contribution is 2.17. The lowest BCUT2D eigenvalue weighted by Gasteiger charge is -2.07. The van der Waals surface area contributed by atoms with E-state index in [9.17, 15) is 9.59 Å². The minimum atomic E-state index is -0.223. The highest BCUT2D eigenvalue weighted by atomic mass is 32.1. The maximum atomic E-state index is 11.9. The molecule has 118 valence electrons. The van der Waals surface area contributed by atoms with Crippen LogP contribution in [0.4, 0.5) is 5.69 Å². The van der Waals surface area contributed by atoms with Crippen LogP contribution < -0.4 is 15.6 Å². The summed E-state index contributed by atoms with van der Waals surface area (Å²) in [7, 11) is 0. The summed E-state index contributed by atoms with van der Waals surface area (Å²) < 4.78 is 6.91. The number of rotatable bonds is 4. The van der Waals surface area contributed by atoms with E-state index in [0.717, 1.165) is 5.01 Å². The van der Waals surface area contributed by atoms with E-state index in [1.807, 2.05) is 6.92 Å². The van der Waals surface area contributed by atoms with Crippen molar-refractivity contribution in [3.63, 3.8) is 0 Å². The summed E-state index contributed by atoms with van der Waals surface area (Å²) in [4.78, 5) is 27.8. The number of ether oxygens (including phenoxy) is 1. The first-order valence-electron chi connectivity index (χ1n) is 6.88. The molecule has 3 rings (SSSR count). The smallest absolute Gasteiger partial charge is 0.275 e. The van der Waals surface area contributed by atoms with Crippen LogP contribution in [0.25, 0.3) is 4.96 Å². The number of amides is 1. The molecule has 0 atom stereocenters. The second-order valence-corrected chi connectivity index (χ2v) is 6.06. The summed E-state index contributed by atoms with van der Waals surface area (Å²) in [5.41, 5.74) is 1.02. The zero-order valence-electron chi connectivity index (χ0n) is 12.6. The molecule has 1 N–H and O–H groups in total. The molecule has 2 heterocycles. The molecular formula is C15H14N4O3S. The van der Waals surface area contributed by atoms with Gasteiger partial charge in [0.1, 0.15) is 17.4 Å². The fourth-order valence-electron chi connectivity index (χ4n) is 2.02. The Kier molecular flexibility index (Phi) is 4.07. The molecule has 0 fully saturated rings. The molecule has 0 saturated heterocycles. The molecular weight excluding hydrogens is 316 g/mol. The lowest BCUT2D eigenvalue weighted by Crippen LogP contribution is -2.16. The summed E-state index contributed by atoms with van der Waals surface area (Å²) in [5, 5.41) is 7.55. The Morgan fingerprint density at radius 3 is 2.78 bits per heavy atom. The van der Waals surface area contributed by atoms with E-state index < -0.39 is 0 Å². The van der Waals surface area contributed by atoms with Gasteiger partial charge in [0.2, 0.25) is 10.9 Å². The van der Waals surface area contributed by atoms with Crippen molar-refractivity contribution in [2.24, 2.45) is 0 Å². The number of fused-ring (bicyclic) bond motifs is 1. The van der Waals surface area contributed by atoms with Gasteiger partial charge in [-0.3, -0.25) is 9.59 Å². The van der Waals surface area contributed by atoms with E-state index in [-0.39, 0.29) is 18.1 Å². The summed E-state index contributed by atoms with van der Waals surface area (Å²) in [6, 6.07) is 8.39. The molecule has 0 unspecified atom stereocenters. The van der Waals surface area contributed by atoms with Gasteiger partial charge in [0.15, 0.2) is 0 Å². The number of benzene rings is 1. The number of hydrogen-bond acceptors (Lipinski definition) is 6. The highest BCUT2D eigenvalue weighted by Gasteiger charge is 2.07. The predicted molar refractivity (Wildman–Crippen MR) is 86.9 cm³/mol. The van der Waals surface area contributed by atoms with Crippen molar-refractivity contribution in [2.75, 3.05) is 5.32 Å². The second kappa shape index (κ2) is 6.17. The van der Waals surface area contributed by atoms with Gasteiger partial charge in [-0.05, 0) is 31.2 Å². The Bertz CT molecular complexity index is 915. The largest absolute Gasteiger partial charge is 0.487 e. The molecule has 23 heavy (non-hydrogen) atoms. The molecule has 0 aliphatic rings. The predicted octanol–water partition coefficient (Wildman–Crippen LogP) is 2.00. The zero-order valence-corrected chi connectivity index (χ0v) is 13.4.